The Morgan fingerprint density at radius 3 is 2.29 bits per heavy atom. The van der Waals surface area contributed by atoms with Gasteiger partial charge in [-0.05, 0) is 25.9 Å². The van der Waals surface area contributed by atoms with Crippen LogP contribution in [0.2, 0.25) is 0 Å². The van der Waals surface area contributed by atoms with Gasteiger partial charge in [0.15, 0.2) is 0 Å². The van der Waals surface area contributed by atoms with Crippen molar-refractivity contribution in [3.05, 3.63) is 0 Å². The quantitative estimate of drug-likeness (QED) is 0.706. The molecule has 0 bridgehead atoms. The van der Waals surface area contributed by atoms with Gasteiger partial charge in [0.2, 0.25) is 10.0 Å². The van der Waals surface area contributed by atoms with Crippen LogP contribution in [0.4, 0.5) is 0 Å². The summed E-state index contributed by atoms with van der Waals surface area (Å²) in [7, 11) is -3.01. The highest BCUT2D eigenvalue weighted by molar-refractivity contribution is 7.89. The number of hydrogen-bond donors (Lipinski definition) is 1. The van der Waals surface area contributed by atoms with Crippen LogP contribution in [0.5, 0.6) is 0 Å². The predicted octanol–water partition coefficient (Wildman–Crippen LogP) is 0.0827. The Labute approximate surface area is 105 Å². The van der Waals surface area contributed by atoms with Crippen LogP contribution in [0.25, 0.3) is 0 Å². The van der Waals surface area contributed by atoms with Gasteiger partial charge in [-0.3, -0.25) is 0 Å². The zero-order valence-electron chi connectivity index (χ0n) is 10.8. The highest BCUT2D eigenvalue weighted by atomic mass is 32.2. The molecule has 1 heterocycles. The van der Waals surface area contributed by atoms with Crippen LogP contribution in [0.15, 0.2) is 0 Å². The molecule has 102 valence electrons. The summed E-state index contributed by atoms with van der Waals surface area (Å²) >= 11 is 0. The van der Waals surface area contributed by atoms with E-state index in [1.54, 1.807) is 4.31 Å². The van der Waals surface area contributed by atoms with E-state index in [1.165, 1.54) is 0 Å². The molecule has 5 nitrogen and oxygen atoms in total. The summed E-state index contributed by atoms with van der Waals surface area (Å²) in [4.78, 5) is 2.29. The van der Waals surface area contributed by atoms with Crippen molar-refractivity contribution >= 4 is 10.0 Å². The molecule has 0 radical (unpaired) electrons. The minimum absolute atomic E-state index is 0.298. The van der Waals surface area contributed by atoms with Gasteiger partial charge in [-0.15, -0.1) is 0 Å². The molecule has 1 fully saturated rings. The molecule has 0 saturated carbocycles. The lowest BCUT2D eigenvalue weighted by Crippen LogP contribution is -2.49. The largest absolute Gasteiger partial charge is 0.330 e. The summed E-state index contributed by atoms with van der Waals surface area (Å²) < 4.78 is 25.5. The lowest BCUT2D eigenvalue weighted by Gasteiger charge is -2.33. The Balaban J connectivity index is 2.35. The van der Waals surface area contributed by atoms with E-state index in [9.17, 15) is 8.42 Å². The predicted molar refractivity (Wildman–Crippen MR) is 70.4 cm³/mol. The number of unbranched alkanes of at least 4 members (excludes halogenated alkanes) is 1. The fraction of sp³-hybridized carbons (Fsp3) is 1.00. The highest BCUT2D eigenvalue weighted by Gasteiger charge is 2.25. The molecule has 0 atom stereocenters. The number of nitrogens with two attached hydrogens (primary N) is 1. The van der Waals surface area contributed by atoms with Gasteiger partial charge < -0.3 is 10.6 Å². The minimum atomic E-state index is -3.01. The molecule has 2 N–H and O–H groups in total. The molecule has 0 unspecified atom stereocenters. The molecule has 17 heavy (non-hydrogen) atoms. The van der Waals surface area contributed by atoms with E-state index in [2.05, 4.69) is 4.90 Å². The molecule has 0 aromatic rings. The molecule has 1 aliphatic rings. The van der Waals surface area contributed by atoms with Gasteiger partial charge in [0, 0.05) is 26.2 Å². The Bertz CT molecular complexity index is 298. The number of sulfonamides is 1. The average molecular weight is 263 g/mol. The summed E-state index contributed by atoms with van der Waals surface area (Å²) in [5.74, 6) is 0.298. The topological polar surface area (TPSA) is 66.6 Å². The van der Waals surface area contributed by atoms with Crippen molar-refractivity contribution < 1.29 is 8.42 Å². The van der Waals surface area contributed by atoms with Crippen LogP contribution >= 0.6 is 0 Å². The van der Waals surface area contributed by atoms with E-state index in [4.69, 9.17) is 5.73 Å². The van der Waals surface area contributed by atoms with Crippen molar-refractivity contribution in [2.75, 3.05) is 45.0 Å². The second-order valence-corrected chi connectivity index (χ2v) is 6.64. The molecule has 1 aliphatic heterocycles. The van der Waals surface area contributed by atoms with Crippen LogP contribution in [0, 0.1) is 0 Å². The van der Waals surface area contributed by atoms with Crippen LogP contribution in [-0.4, -0.2) is 62.6 Å². The van der Waals surface area contributed by atoms with E-state index < -0.39 is 10.0 Å². The number of hydrogen-bond acceptors (Lipinski definition) is 4. The Kier molecular flexibility index (Phi) is 6.40. The van der Waals surface area contributed by atoms with E-state index in [0.29, 0.717) is 25.4 Å². The van der Waals surface area contributed by atoms with Gasteiger partial charge in [-0.25, -0.2) is 8.42 Å². The molecule has 0 aromatic heterocycles. The molecule has 0 amide bonds. The van der Waals surface area contributed by atoms with E-state index in [-0.39, 0.29) is 0 Å². The normalized spacial score (nSPS) is 19.6. The molecule has 0 spiro atoms. The number of rotatable bonds is 7. The summed E-state index contributed by atoms with van der Waals surface area (Å²) in [5, 5.41) is 0. The molecule has 1 rings (SSSR count). The van der Waals surface area contributed by atoms with Crippen LogP contribution in [0.3, 0.4) is 0 Å². The lowest BCUT2D eigenvalue weighted by atomic mass is 10.3. The van der Waals surface area contributed by atoms with Gasteiger partial charge in [0.25, 0.3) is 0 Å². The number of nitrogens with zero attached hydrogens (tertiary/aromatic N) is 2. The van der Waals surface area contributed by atoms with Crippen molar-refractivity contribution in [3.8, 4) is 0 Å². The highest BCUT2D eigenvalue weighted by Crippen LogP contribution is 2.09. The molecular formula is C11H25N3O2S. The third-order valence-corrected chi connectivity index (χ3v) is 5.12. The van der Waals surface area contributed by atoms with E-state index in [0.717, 1.165) is 38.9 Å². The van der Waals surface area contributed by atoms with Gasteiger partial charge in [-0.2, -0.15) is 4.31 Å². The standard InChI is InChI=1S/C11H25N3O2S/c1-2-3-11-17(15,16)14-9-7-13(8-10-14)6-4-5-12/h2-12H2,1H3. The van der Waals surface area contributed by atoms with Gasteiger partial charge in [-0.1, -0.05) is 13.3 Å². The zero-order valence-corrected chi connectivity index (χ0v) is 11.6. The lowest BCUT2D eigenvalue weighted by molar-refractivity contribution is 0.187. The van der Waals surface area contributed by atoms with Gasteiger partial charge >= 0.3 is 0 Å². The van der Waals surface area contributed by atoms with Crippen molar-refractivity contribution in [3.63, 3.8) is 0 Å². The minimum Gasteiger partial charge on any atom is -0.330 e. The number of piperazine rings is 1. The SMILES string of the molecule is CCCCS(=O)(=O)N1CCN(CCCN)CC1. The van der Waals surface area contributed by atoms with E-state index >= 15 is 0 Å². The van der Waals surface area contributed by atoms with Gasteiger partial charge in [0.05, 0.1) is 5.75 Å². The maximum atomic E-state index is 12.0. The molecular weight excluding hydrogens is 238 g/mol. The first-order valence-electron chi connectivity index (χ1n) is 6.50. The summed E-state index contributed by atoms with van der Waals surface area (Å²) in [6, 6.07) is 0. The smallest absolute Gasteiger partial charge is 0.214 e. The van der Waals surface area contributed by atoms with Crippen LogP contribution < -0.4 is 5.73 Å². The fourth-order valence-electron chi connectivity index (χ4n) is 2.00. The maximum Gasteiger partial charge on any atom is 0.214 e. The maximum absolute atomic E-state index is 12.0. The monoisotopic (exact) mass is 263 g/mol. The van der Waals surface area contributed by atoms with Crippen molar-refractivity contribution in [2.45, 2.75) is 26.2 Å². The van der Waals surface area contributed by atoms with Crippen LogP contribution in [-0.2, 0) is 10.0 Å². The Hall–Kier alpha value is -0.170. The van der Waals surface area contributed by atoms with Crippen molar-refractivity contribution in [1.82, 2.24) is 9.21 Å². The average Bonchev–Trinajstić information content (AvgIpc) is 2.34. The zero-order chi connectivity index (χ0) is 12.7. The third-order valence-electron chi connectivity index (χ3n) is 3.16. The molecule has 0 aliphatic carbocycles. The first-order chi connectivity index (χ1) is 8.10. The molecule has 6 heteroatoms. The summed E-state index contributed by atoms with van der Waals surface area (Å²) in [6.45, 7) is 6.65. The second kappa shape index (κ2) is 7.31. The Morgan fingerprint density at radius 2 is 1.76 bits per heavy atom. The van der Waals surface area contributed by atoms with Crippen LogP contribution in [0.1, 0.15) is 26.2 Å². The van der Waals surface area contributed by atoms with Crippen molar-refractivity contribution in [2.24, 2.45) is 5.73 Å². The molecule has 1 saturated heterocycles. The van der Waals surface area contributed by atoms with E-state index in [1.807, 2.05) is 6.92 Å². The Morgan fingerprint density at radius 1 is 1.12 bits per heavy atom. The fourth-order valence-corrected chi connectivity index (χ4v) is 3.63. The van der Waals surface area contributed by atoms with Crippen molar-refractivity contribution in [1.29, 1.82) is 0 Å². The first-order valence-corrected chi connectivity index (χ1v) is 8.11. The second-order valence-electron chi connectivity index (χ2n) is 4.55. The summed E-state index contributed by atoms with van der Waals surface area (Å²) in [5.41, 5.74) is 5.46. The van der Waals surface area contributed by atoms with Gasteiger partial charge in [0.1, 0.15) is 0 Å². The molecule has 0 aromatic carbocycles. The third kappa shape index (κ3) is 4.91. The summed E-state index contributed by atoms with van der Waals surface area (Å²) in [6.07, 6.45) is 2.67. The first kappa shape index (κ1) is 14.9.